The molecule has 0 amide bonds. The Hall–Kier alpha value is -1.33. The number of ether oxygens (including phenoxy) is 1. The van der Waals surface area contributed by atoms with Crippen LogP contribution < -0.4 is 4.74 Å². The van der Waals surface area contributed by atoms with Crippen molar-refractivity contribution in [1.29, 1.82) is 0 Å². The van der Waals surface area contributed by atoms with Crippen molar-refractivity contribution in [1.82, 2.24) is 0 Å². The molecule has 0 aliphatic carbocycles. The van der Waals surface area contributed by atoms with Gasteiger partial charge in [-0.3, -0.25) is 0 Å². The Morgan fingerprint density at radius 1 is 1.33 bits per heavy atom. The Balaban J connectivity index is 2.14. The van der Waals surface area contributed by atoms with Gasteiger partial charge in [-0.2, -0.15) is 0 Å². The fraction of sp³-hybridized carbons (Fsp3) is 0.154. The molecule has 0 spiro atoms. The van der Waals surface area contributed by atoms with E-state index < -0.39 is 0 Å². The first kappa shape index (κ1) is 13.1. The summed E-state index contributed by atoms with van der Waals surface area (Å²) in [5.74, 6) is 0.720. The molecule has 0 saturated heterocycles. The quantitative estimate of drug-likeness (QED) is 0.517. The van der Waals surface area contributed by atoms with Crippen LogP contribution in [-0.2, 0) is 6.61 Å². The Kier molecular flexibility index (Phi) is 4.38. The molecule has 0 atom stereocenters. The predicted molar refractivity (Wildman–Crippen MR) is 76.8 cm³/mol. The lowest BCUT2D eigenvalue weighted by Crippen LogP contribution is -2.01. The van der Waals surface area contributed by atoms with Gasteiger partial charge in [0, 0.05) is 10.4 Å². The summed E-state index contributed by atoms with van der Waals surface area (Å²) in [7, 11) is 0. The molecule has 1 heterocycles. The molecule has 18 heavy (non-hydrogen) atoms. The van der Waals surface area contributed by atoms with Crippen LogP contribution in [-0.4, -0.2) is 10.9 Å². The average Bonchev–Trinajstić information content (AvgIpc) is 2.81. The van der Waals surface area contributed by atoms with E-state index in [-0.39, 0.29) is 0 Å². The molecule has 94 valence electrons. The summed E-state index contributed by atoms with van der Waals surface area (Å²) in [5.41, 5.74) is 1.34. The maximum absolute atomic E-state index is 8.83. The van der Waals surface area contributed by atoms with Crippen LogP contribution in [0.3, 0.4) is 0 Å². The molecule has 0 unspecified atom stereocenters. The molecular formula is C13H12BrNO2S. The highest BCUT2D eigenvalue weighted by atomic mass is 79.9. The van der Waals surface area contributed by atoms with Crippen molar-refractivity contribution < 1.29 is 9.94 Å². The molecule has 1 aromatic heterocycles. The largest absolute Gasteiger partial charge is 0.487 e. The molecule has 2 aromatic rings. The summed E-state index contributed by atoms with van der Waals surface area (Å²) in [6, 6.07) is 11.5. The molecular weight excluding hydrogens is 314 g/mol. The lowest BCUT2D eigenvalue weighted by molar-refractivity contribution is 0.306. The van der Waals surface area contributed by atoms with Gasteiger partial charge in [-0.25, -0.2) is 0 Å². The first-order chi connectivity index (χ1) is 8.70. The van der Waals surface area contributed by atoms with Crippen molar-refractivity contribution in [3.63, 3.8) is 0 Å². The number of halogens is 1. The summed E-state index contributed by atoms with van der Waals surface area (Å²) in [6.45, 7) is 2.25. The Labute approximate surface area is 118 Å². The van der Waals surface area contributed by atoms with E-state index >= 15 is 0 Å². The zero-order valence-corrected chi connectivity index (χ0v) is 12.2. The highest BCUT2D eigenvalue weighted by Gasteiger charge is 2.07. The molecule has 3 nitrogen and oxygen atoms in total. The van der Waals surface area contributed by atoms with Crippen molar-refractivity contribution in [2.75, 3.05) is 0 Å². The molecule has 5 heteroatoms. The molecule has 1 aromatic carbocycles. The molecule has 0 saturated carbocycles. The van der Waals surface area contributed by atoms with Crippen molar-refractivity contribution >= 4 is 33.0 Å². The second-order valence-electron chi connectivity index (χ2n) is 3.68. The molecule has 0 bridgehead atoms. The zero-order chi connectivity index (χ0) is 13.0. The minimum absolute atomic E-state index is 0.506. The van der Waals surface area contributed by atoms with Gasteiger partial charge in [0.2, 0.25) is 0 Å². The minimum Gasteiger partial charge on any atom is -0.487 e. The zero-order valence-electron chi connectivity index (χ0n) is 9.76. The third kappa shape index (κ3) is 3.11. The number of oxime groups is 1. The van der Waals surface area contributed by atoms with E-state index in [0.717, 1.165) is 20.0 Å². The van der Waals surface area contributed by atoms with E-state index in [2.05, 4.69) is 21.1 Å². The normalized spacial score (nSPS) is 11.6. The van der Waals surface area contributed by atoms with Gasteiger partial charge in [0.05, 0.1) is 9.50 Å². The first-order valence-corrected chi connectivity index (χ1v) is 6.96. The fourth-order valence-corrected chi connectivity index (χ4v) is 2.92. The first-order valence-electron chi connectivity index (χ1n) is 5.36. The smallest absolute Gasteiger partial charge is 0.129 e. The van der Waals surface area contributed by atoms with E-state index in [1.165, 1.54) is 0 Å². The van der Waals surface area contributed by atoms with Crippen LogP contribution in [0.5, 0.6) is 5.75 Å². The number of thiophene rings is 1. The van der Waals surface area contributed by atoms with Gasteiger partial charge in [-0.1, -0.05) is 17.3 Å². The summed E-state index contributed by atoms with van der Waals surface area (Å²) in [6.07, 6.45) is 0. The third-order valence-corrected chi connectivity index (χ3v) is 4.02. The number of benzene rings is 1. The Morgan fingerprint density at radius 2 is 2.11 bits per heavy atom. The van der Waals surface area contributed by atoms with Crippen molar-refractivity contribution in [2.24, 2.45) is 5.16 Å². The van der Waals surface area contributed by atoms with Gasteiger partial charge in [-0.05, 0) is 47.1 Å². The SMILES string of the molecule is C/C(=N\O)c1ccccc1OCc1ccc(Br)s1. The van der Waals surface area contributed by atoms with Crippen molar-refractivity contribution in [3.05, 3.63) is 50.6 Å². The van der Waals surface area contributed by atoms with E-state index in [0.29, 0.717) is 12.3 Å². The molecule has 2 rings (SSSR count). The van der Waals surface area contributed by atoms with Gasteiger partial charge >= 0.3 is 0 Å². The fourth-order valence-electron chi connectivity index (χ4n) is 1.52. The third-order valence-electron chi connectivity index (χ3n) is 2.43. The van der Waals surface area contributed by atoms with Gasteiger partial charge in [0.25, 0.3) is 0 Å². The van der Waals surface area contributed by atoms with E-state index in [9.17, 15) is 0 Å². The standard InChI is InChI=1S/C13H12BrNO2S/c1-9(15-16)11-4-2-3-5-12(11)17-8-10-6-7-13(14)18-10/h2-7,16H,8H2,1H3/b15-9+. The number of hydrogen-bond acceptors (Lipinski definition) is 4. The summed E-state index contributed by atoms with van der Waals surface area (Å²) in [5, 5.41) is 12.0. The van der Waals surface area contributed by atoms with Crippen molar-refractivity contribution in [2.45, 2.75) is 13.5 Å². The van der Waals surface area contributed by atoms with Crippen LogP contribution in [0.15, 0.2) is 45.3 Å². The average molecular weight is 326 g/mol. The van der Waals surface area contributed by atoms with Gasteiger partial charge in [0.1, 0.15) is 12.4 Å². The van der Waals surface area contributed by atoms with Gasteiger partial charge in [0.15, 0.2) is 0 Å². The summed E-state index contributed by atoms with van der Waals surface area (Å²) >= 11 is 5.06. The second kappa shape index (κ2) is 6.02. The summed E-state index contributed by atoms with van der Waals surface area (Å²) < 4.78 is 6.84. The van der Waals surface area contributed by atoms with Crippen LogP contribution in [0.25, 0.3) is 0 Å². The van der Waals surface area contributed by atoms with Gasteiger partial charge in [-0.15, -0.1) is 11.3 Å². The van der Waals surface area contributed by atoms with Crippen LogP contribution >= 0.6 is 27.3 Å². The Bertz CT molecular complexity index is 566. The number of nitrogens with zero attached hydrogens (tertiary/aromatic N) is 1. The topological polar surface area (TPSA) is 41.8 Å². The van der Waals surface area contributed by atoms with Crippen LogP contribution in [0.2, 0.25) is 0 Å². The maximum atomic E-state index is 8.83. The maximum Gasteiger partial charge on any atom is 0.129 e. The number of rotatable bonds is 4. The lowest BCUT2D eigenvalue weighted by atomic mass is 10.1. The highest BCUT2D eigenvalue weighted by molar-refractivity contribution is 9.11. The molecule has 1 N–H and O–H groups in total. The highest BCUT2D eigenvalue weighted by Crippen LogP contribution is 2.25. The summed E-state index contributed by atoms with van der Waals surface area (Å²) in [4.78, 5) is 1.13. The second-order valence-corrected chi connectivity index (χ2v) is 6.22. The monoisotopic (exact) mass is 325 g/mol. The van der Waals surface area contributed by atoms with E-state index in [1.807, 2.05) is 36.4 Å². The number of hydrogen-bond donors (Lipinski definition) is 1. The van der Waals surface area contributed by atoms with E-state index in [1.54, 1.807) is 18.3 Å². The van der Waals surface area contributed by atoms with Gasteiger partial charge < -0.3 is 9.94 Å². The molecule has 0 radical (unpaired) electrons. The van der Waals surface area contributed by atoms with Crippen LogP contribution in [0.4, 0.5) is 0 Å². The molecule has 0 fully saturated rings. The minimum atomic E-state index is 0.506. The predicted octanol–water partition coefficient (Wildman–Crippen LogP) is 4.29. The van der Waals surface area contributed by atoms with Crippen molar-refractivity contribution in [3.8, 4) is 5.75 Å². The Morgan fingerprint density at radius 3 is 2.78 bits per heavy atom. The van der Waals surface area contributed by atoms with Crippen LogP contribution in [0, 0.1) is 0 Å². The van der Waals surface area contributed by atoms with E-state index in [4.69, 9.17) is 9.94 Å². The molecule has 0 aliphatic rings. The lowest BCUT2D eigenvalue weighted by Gasteiger charge is -2.09. The van der Waals surface area contributed by atoms with Crippen LogP contribution in [0.1, 0.15) is 17.4 Å². The molecule has 0 aliphatic heterocycles. The number of para-hydroxylation sites is 1.